The number of piperazine rings is 1. The summed E-state index contributed by atoms with van der Waals surface area (Å²) >= 11 is 0. The molecule has 0 aromatic heterocycles. The van der Waals surface area contributed by atoms with Crippen molar-refractivity contribution in [3.05, 3.63) is 125 Å². The third kappa shape index (κ3) is 8.83. The van der Waals surface area contributed by atoms with Crippen LogP contribution in [0.3, 0.4) is 0 Å². The second-order valence-corrected chi connectivity index (χ2v) is 10.3. The molecule has 0 unspecified atom stereocenters. The average molecular weight is 618 g/mol. The highest BCUT2D eigenvalue weighted by Crippen LogP contribution is 2.28. The van der Waals surface area contributed by atoms with E-state index < -0.39 is 0 Å². The van der Waals surface area contributed by atoms with Crippen LogP contribution < -0.4 is 19.7 Å². The smallest absolute Gasteiger partial charge is 0.255 e. The Labute approximate surface area is 265 Å². The van der Waals surface area contributed by atoms with Crippen molar-refractivity contribution in [3.63, 3.8) is 0 Å². The van der Waals surface area contributed by atoms with Gasteiger partial charge in [0.25, 0.3) is 5.91 Å². The topological polar surface area (TPSA) is 103 Å². The van der Waals surface area contributed by atoms with E-state index in [2.05, 4.69) is 21.2 Å². The molecule has 1 saturated heterocycles. The molecule has 0 bridgehead atoms. The lowest BCUT2D eigenvalue weighted by Crippen LogP contribution is -2.47. The summed E-state index contributed by atoms with van der Waals surface area (Å²) in [6.45, 7) is 5.67. The molecule has 3 N–H and O–H groups in total. The van der Waals surface area contributed by atoms with Crippen molar-refractivity contribution in [2.75, 3.05) is 51.3 Å². The van der Waals surface area contributed by atoms with Crippen LogP contribution in [0.1, 0.15) is 38.3 Å². The maximum absolute atomic E-state index is 13.0. The van der Waals surface area contributed by atoms with Gasteiger partial charge in [0.05, 0.1) is 18.4 Å². The Morgan fingerprint density at radius 1 is 0.750 bits per heavy atom. The van der Waals surface area contributed by atoms with E-state index in [0.717, 1.165) is 56.1 Å². The minimum Gasteiger partial charge on any atom is -0.495 e. The Balaban J connectivity index is 0.00000264. The summed E-state index contributed by atoms with van der Waals surface area (Å²) in [7, 11) is 1.71. The summed E-state index contributed by atoms with van der Waals surface area (Å²) in [5.74, 6) is 1.29. The summed E-state index contributed by atoms with van der Waals surface area (Å²) in [5.41, 5.74) is 3.86. The van der Waals surface area contributed by atoms with Crippen molar-refractivity contribution >= 4 is 29.8 Å². The van der Waals surface area contributed by atoms with Crippen molar-refractivity contribution in [1.29, 1.82) is 0 Å². The van der Waals surface area contributed by atoms with Gasteiger partial charge in [-0.15, -0.1) is 12.4 Å². The molecule has 0 aliphatic carbocycles. The monoisotopic (exact) mass is 617 g/mol. The molecule has 44 heavy (non-hydrogen) atoms. The van der Waals surface area contributed by atoms with Crippen LogP contribution >= 0.6 is 12.4 Å². The number of halogens is 1. The molecule has 1 amide bonds. The van der Waals surface area contributed by atoms with E-state index >= 15 is 0 Å². The van der Waals surface area contributed by atoms with Crippen LogP contribution in [0.4, 0.5) is 5.69 Å². The maximum Gasteiger partial charge on any atom is 0.255 e. The second-order valence-electron chi connectivity index (χ2n) is 10.3. The van der Waals surface area contributed by atoms with Gasteiger partial charge in [-0.2, -0.15) is 0 Å². The Hall–Kier alpha value is -4.37. The van der Waals surface area contributed by atoms with Crippen LogP contribution in [0.2, 0.25) is 0 Å². The number of ketones is 1. The summed E-state index contributed by atoms with van der Waals surface area (Å²) in [4.78, 5) is 30.4. The van der Waals surface area contributed by atoms with Crippen molar-refractivity contribution < 1.29 is 24.5 Å². The lowest BCUT2D eigenvalue weighted by Gasteiger charge is -2.36. The number of para-hydroxylation sites is 3. The van der Waals surface area contributed by atoms with Crippen molar-refractivity contribution in [2.45, 2.75) is 13.0 Å². The molecular weight excluding hydrogens is 578 g/mol. The number of hydrogen-bond acceptors (Lipinski definition) is 6. The molecule has 0 saturated carbocycles. The Morgan fingerprint density at radius 3 is 2.07 bits per heavy atom. The molecule has 232 valence electrons. The molecule has 1 heterocycles. The highest BCUT2D eigenvalue weighted by Gasteiger charge is 2.19. The van der Waals surface area contributed by atoms with Crippen molar-refractivity contribution in [3.8, 4) is 11.5 Å². The first-order valence-corrected chi connectivity index (χ1v) is 14.4. The van der Waals surface area contributed by atoms with Gasteiger partial charge >= 0.3 is 0 Å². The summed E-state index contributed by atoms with van der Waals surface area (Å²) < 4.78 is 11.5. The zero-order chi connectivity index (χ0) is 29.1. The number of rotatable bonds is 12. The average Bonchev–Trinajstić information content (AvgIpc) is 3.06. The third-order valence-corrected chi connectivity index (χ3v) is 7.51. The largest absolute Gasteiger partial charge is 0.495 e. The van der Waals surface area contributed by atoms with Gasteiger partial charge in [0.2, 0.25) is 0 Å². The molecule has 8 nitrogen and oxygen atoms in total. The number of anilines is 1. The number of ether oxygens (including phenoxy) is 2. The third-order valence-electron chi connectivity index (χ3n) is 7.51. The van der Waals surface area contributed by atoms with E-state index in [1.54, 1.807) is 13.2 Å². The van der Waals surface area contributed by atoms with Crippen LogP contribution in [-0.2, 0) is 6.61 Å². The van der Waals surface area contributed by atoms with Crippen LogP contribution in [0.25, 0.3) is 0 Å². The van der Waals surface area contributed by atoms with Gasteiger partial charge in [-0.3, -0.25) is 14.5 Å². The molecule has 0 spiro atoms. The van der Waals surface area contributed by atoms with Gasteiger partial charge < -0.3 is 25.2 Å². The number of benzene rings is 4. The first-order valence-electron chi connectivity index (χ1n) is 14.4. The number of carbonyl (C=O) groups excluding carboxylic acids is 2. The van der Waals surface area contributed by atoms with Crippen molar-refractivity contribution in [1.82, 2.24) is 10.2 Å². The molecular formula is C35H40ClN3O5. The molecule has 0 radical (unpaired) electrons. The number of nitrogens with zero attached hydrogens (tertiary/aromatic N) is 2. The molecule has 1 aliphatic heterocycles. The Kier molecular flexibility index (Phi) is 13.2. The van der Waals surface area contributed by atoms with Crippen LogP contribution in [0, 0.1) is 0 Å². The summed E-state index contributed by atoms with van der Waals surface area (Å²) in [6, 6.07) is 32.1. The van der Waals surface area contributed by atoms with Gasteiger partial charge in [-0.05, 0) is 42.8 Å². The SMILES string of the molecule is COc1ccccc1N1CCN(CCCNC(=O)c2ccccc2OCc2ccc(C(=O)c3ccccc3)cc2)CC1.Cl.O. The molecule has 4 aromatic carbocycles. The Morgan fingerprint density at radius 2 is 1.36 bits per heavy atom. The molecule has 4 aromatic rings. The minimum absolute atomic E-state index is 0. The van der Waals surface area contributed by atoms with Gasteiger partial charge in [0.1, 0.15) is 18.1 Å². The fourth-order valence-electron chi connectivity index (χ4n) is 5.15. The number of carbonyl (C=O) groups is 2. The first kappa shape index (κ1) is 34.1. The predicted molar refractivity (Wildman–Crippen MR) is 177 cm³/mol. The van der Waals surface area contributed by atoms with Crippen LogP contribution in [0.15, 0.2) is 103 Å². The molecule has 9 heteroatoms. The zero-order valence-electron chi connectivity index (χ0n) is 24.9. The van der Waals surface area contributed by atoms with Gasteiger partial charge in [0, 0.05) is 43.9 Å². The lowest BCUT2D eigenvalue weighted by atomic mass is 10.0. The normalized spacial score (nSPS) is 12.8. The molecule has 1 fully saturated rings. The van der Waals surface area contributed by atoms with Crippen LogP contribution in [0.5, 0.6) is 11.5 Å². The van der Waals surface area contributed by atoms with Gasteiger partial charge in [-0.25, -0.2) is 0 Å². The number of hydrogen-bond donors (Lipinski definition) is 1. The van der Waals surface area contributed by atoms with E-state index in [9.17, 15) is 9.59 Å². The highest BCUT2D eigenvalue weighted by atomic mass is 35.5. The Bertz CT molecular complexity index is 1480. The lowest BCUT2D eigenvalue weighted by molar-refractivity contribution is 0.0946. The predicted octanol–water partition coefficient (Wildman–Crippen LogP) is 5.04. The van der Waals surface area contributed by atoms with E-state index in [1.807, 2.05) is 91.0 Å². The second kappa shape index (κ2) is 17.1. The van der Waals surface area contributed by atoms with Crippen molar-refractivity contribution in [2.24, 2.45) is 0 Å². The van der Waals surface area contributed by atoms with E-state index in [4.69, 9.17) is 9.47 Å². The number of methoxy groups -OCH3 is 1. The first-order chi connectivity index (χ1) is 20.6. The van der Waals surface area contributed by atoms with E-state index in [0.29, 0.717) is 35.6 Å². The molecule has 1 aliphatic rings. The molecule has 5 rings (SSSR count). The summed E-state index contributed by atoms with van der Waals surface area (Å²) in [5, 5.41) is 3.05. The number of amides is 1. The zero-order valence-corrected chi connectivity index (χ0v) is 25.7. The van der Waals surface area contributed by atoms with Gasteiger partial charge in [-0.1, -0.05) is 78.9 Å². The quantitative estimate of drug-likeness (QED) is 0.176. The standard InChI is InChI=1S/C35H37N3O4.ClH.H2O/c1-41-33-15-8-6-13-31(33)38-24-22-37(23-25-38)21-9-20-36-35(40)30-12-5-7-14-32(30)42-26-27-16-18-29(19-17-27)34(39)28-10-3-2-4-11-28;;/h2-8,10-19H,9,20-26H2,1H3,(H,36,40);1H;1H2. The molecule has 0 atom stereocenters. The maximum atomic E-state index is 13.0. The van der Waals surface area contributed by atoms with E-state index in [1.165, 1.54) is 0 Å². The minimum atomic E-state index is -0.143. The highest BCUT2D eigenvalue weighted by molar-refractivity contribution is 6.08. The fraction of sp³-hybridized carbons (Fsp3) is 0.257. The van der Waals surface area contributed by atoms with Gasteiger partial charge in [0.15, 0.2) is 5.78 Å². The van der Waals surface area contributed by atoms with E-state index in [-0.39, 0.29) is 29.6 Å². The fourth-order valence-corrected chi connectivity index (χ4v) is 5.15. The summed E-state index contributed by atoms with van der Waals surface area (Å²) in [6.07, 6.45) is 0.872. The number of nitrogens with one attached hydrogen (secondary N) is 1. The van der Waals surface area contributed by atoms with Crippen LogP contribution in [-0.4, -0.2) is 68.4 Å².